The number of rotatable bonds is 18. The molecule has 0 saturated carbocycles. The molecule has 0 bridgehead atoms. The molecule has 0 aliphatic rings. The van der Waals surface area contributed by atoms with Gasteiger partial charge in [0, 0.05) is 12.8 Å². The summed E-state index contributed by atoms with van der Waals surface area (Å²) in [5.74, 6) is -3.83. The van der Waals surface area contributed by atoms with Crippen molar-refractivity contribution in [3.8, 4) is 5.75 Å². The number of nitrogens with one attached hydrogen (secondary N) is 4. The normalized spacial score (nSPS) is 14.5. The maximum Gasteiger partial charge on any atom is 0.326 e. The lowest BCUT2D eigenvalue weighted by atomic mass is 9.98. The van der Waals surface area contributed by atoms with Crippen molar-refractivity contribution in [2.24, 2.45) is 23.5 Å². The van der Waals surface area contributed by atoms with Gasteiger partial charge in [0.15, 0.2) is 0 Å². The van der Waals surface area contributed by atoms with Gasteiger partial charge in [-0.1, -0.05) is 77.9 Å². The predicted molar refractivity (Wildman–Crippen MR) is 192 cm³/mol. The van der Waals surface area contributed by atoms with Crippen LogP contribution in [0.5, 0.6) is 5.75 Å². The highest BCUT2D eigenvalue weighted by molar-refractivity contribution is 14.1. The van der Waals surface area contributed by atoms with Gasteiger partial charge in [-0.2, -0.15) is 0 Å². The van der Waals surface area contributed by atoms with Crippen molar-refractivity contribution in [3.05, 3.63) is 63.2 Å². The van der Waals surface area contributed by atoms with E-state index in [9.17, 15) is 34.2 Å². The summed E-state index contributed by atoms with van der Waals surface area (Å²) in [4.78, 5) is 66.1. The van der Waals surface area contributed by atoms with Crippen molar-refractivity contribution in [3.63, 3.8) is 0 Å². The zero-order valence-electron chi connectivity index (χ0n) is 28.5. The maximum absolute atomic E-state index is 14.0. The molecule has 0 spiro atoms. The topological polar surface area (TPSA) is 200 Å². The molecule has 0 unspecified atom stereocenters. The molecule has 13 heteroatoms. The van der Waals surface area contributed by atoms with Gasteiger partial charge in [0.05, 0.1) is 9.61 Å². The minimum absolute atomic E-state index is 0.00967. The quantitative estimate of drug-likeness (QED) is 0.112. The Balaban J connectivity index is 2.43. The van der Waals surface area contributed by atoms with Crippen molar-refractivity contribution < 1.29 is 34.2 Å². The number of aliphatic carboxylic acids is 1. The van der Waals surface area contributed by atoms with E-state index < -0.39 is 59.8 Å². The second-order valence-electron chi connectivity index (χ2n) is 13.3. The molecule has 0 aromatic heterocycles. The molecule has 48 heavy (non-hydrogen) atoms. The van der Waals surface area contributed by atoms with E-state index in [4.69, 9.17) is 5.73 Å². The van der Waals surface area contributed by atoms with Crippen LogP contribution >= 0.6 is 22.6 Å². The highest BCUT2D eigenvalue weighted by Gasteiger charge is 2.33. The summed E-state index contributed by atoms with van der Waals surface area (Å²) in [5, 5.41) is 30.6. The van der Waals surface area contributed by atoms with Crippen molar-refractivity contribution >= 4 is 52.2 Å². The third-order valence-corrected chi connectivity index (χ3v) is 8.50. The Morgan fingerprint density at radius 1 is 0.688 bits per heavy atom. The van der Waals surface area contributed by atoms with Crippen LogP contribution in [0.2, 0.25) is 0 Å². The molecule has 264 valence electrons. The standard InChI is InChI=1S/C35H50IN5O7/c1-19(2)14-25(37)31(43)41-30(21(5)6)34(46)39-27(18-23-12-13-29(42)24(36)16-23)32(44)38-26(17-22-10-8-7-9-11-22)33(45)40-28(35(47)48)15-20(3)4/h7-13,16,19-21,25-28,30,42H,14-15,17-18,37H2,1-6H3,(H,38,44)(H,39,46)(H,40,45)(H,41,43)(H,47,48)/t25-,26-,27-,28-,30-/m0/s1. The first-order valence-electron chi connectivity index (χ1n) is 16.2. The van der Waals surface area contributed by atoms with Gasteiger partial charge in [0.2, 0.25) is 23.6 Å². The molecule has 2 aromatic carbocycles. The third-order valence-electron chi connectivity index (χ3n) is 7.63. The van der Waals surface area contributed by atoms with E-state index in [1.165, 1.54) is 6.07 Å². The number of carboxylic acids is 1. The second-order valence-corrected chi connectivity index (χ2v) is 14.5. The molecule has 0 heterocycles. The Kier molecular flexibility index (Phi) is 16.3. The first kappa shape index (κ1) is 40.5. The van der Waals surface area contributed by atoms with Crippen molar-refractivity contribution in [1.29, 1.82) is 0 Å². The summed E-state index contributed by atoms with van der Waals surface area (Å²) in [6, 6.07) is 8.33. The Morgan fingerprint density at radius 2 is 1.21 bits per heavy atom. The number of halogens is 1. The van der Waals surface area contributed by atoms with Gasteiger partial charge in [-0.05, 0) is 76.4 Å². The van der Waals surface area contributed by atoms with Crippen LogP contribution in [0.3, 0.4) is 0 Å². The van der Waals surface area contributed by atoms with Crippen LogP contribution in [-0.4, -0.2) is 70.0 Å². The van der Waals surface area contributed by atoms with Crippen molar-refractivity contribution in [2.75, 3.05) is 0 Å². The fraction of sp³-hybridized carbons (Fsp3) is 0.514. The first-order chi connectivity index (χ1) is 22.5. The van der Waals surface area contributed by atoms with Gasteiger partial charge < -0.3 is 37.2 Å². The van der Waals surface area contributed by atoms with Crippen LogP contribution in [0.1, 0.15) is 65.5 Å². The lowest BCUT2D eigenvalue weighted by Gasteiger charge is -2.28. The fourth-order valence-corrected chi connectivity index (χ4v) is 5.67. The van der Waals surface area contributed by atoms with Gasteiger partial charge in [-0.3, -0.25) is 19.2 Å². The zero-order valence-corrected chi connectivity index (χ0v) is 30.6. The molecule has 0 aliphatic carbocycles. The molecule has 2 aromatic rings. The van der Waals surface area contributed by atoms with Crippen LogP contribution in [0.4, 0.5) is 0 Å². The third kappa shape index (κ3) is 13.4. The number of hydrogen-bond donors (Lipinski definition) is 7. The highest BCUT2D eigenvalue weighted by atomic mass is 127. The molecule has 0 radical (unpaired) electrons. The molecule has 0 fully saturated rings. The van der Waals surface area contributed by atoms with E-state index in [2.05, 4.69) is 21.3 Å². The highest BCUT2D eigenvalue weighted by Crippen LogP contribution is 2.21. The fourth-order valence-electron chi connectivity index (χ4n) is 5.09. The van der Waals surface area contributed by atoms with Crippen LogP contribution in [-0.2, 0) is 36.8 Å². The Labute approximate surface area is 296 Å². The minimum atomic E-state index is -1.21. The maximum atomic E-state index is 14.0. The summed E-state index contributed by atoms with van der Waals surface area (Å²) in [5.41, 5.74) is 7.41. The van der Waals surface area contributed by atoms with Crippen molar-refractivity contribution in [1.82, 2.24) is 21.3 Å². The minimum Gasteiger partial charge on any atom is -0.507 e. The second kappa shape index (κ2) is 19.3. The molecule has 0 aliphatic heterocycles. The Hall–Kier alpha value is -3.72. The Bertz CT molecular complexity index is 1400. The lowest BCUT2D eigenvalue weighted by Crippen LogP contribution is -2.60. The van der Waals surface area contributed by atoms with E-state index >= 15 is 0 Å². The summed E-state index contributed by atoms with van der Waals surface area (Å²) >= 11 is 1.95. The average molecular weight is 780 g/mol. The molecular weight excluding hydrogens is 729 g/mol. The monoisotopic (exact) mass is 779 g/mol. The zero-order chi connectivity index (χ0) is 36.1. The number of phenols is 1. The van der Waals surface area contributed by atoms with Crippen LogP contribution < -0.4 is 27.0 Å². The predicted octanol–water partition coefficient (Wildman–Crippen LogP) is 2.88. The van der Waals surface area contributed by atoms with Gasteiger partial charge in [-0.25, -0.2) is 4.79 Å². The SMILES string of the molecule is CC(C)C[C@H](NC(=O)[C@H](Cc1ccccc1)NC(=O)[C@H](Cc1ccc(O)c(I)c1)NC(=O)[C@@H](NC(=O)[C@@H](N)CC(C)C)C(C)C)C(=O)O. The molecule has 2 rings (SSSR count). The molecule has 0 saturated heterocycles. The van der Waals surface area contributed by atoms with Crippen molar-refractivity contribution in [2.45, 2.75) is 97.4 Å². The van der Waals surface area contributed by atoms with Gasteiger partial charge in [-0.15, -0.1) is 0 Å². The molecular formula is C35H50IN5O7. The van der Waals surface area contributed by atoms with Gasteiger partial charge >= 0.3 is 5.97 Å². The van der Waals surface area contributed by atoms with E-state index in [0.717, 1.165) is 5.56 Å². The summed E-state index contributed by atoms with van der Waals surface area (Å²) in [7, 11) is 0. The number of phenolic OH excluding ortho intramolecular Hbond substituents is 1. The van der Waals surface area contributed by atoms with Crippen LogP contribution in [0.25, 0.3) is 0 Å². The Morgan fingerprint density at radius 3 is 1.71 bits per heavy atom. The number of hydrogen-bond acceptors (Lipinski definition) is 7. The number of benzene rings is 2. The van der Waals surface area contributed by atoms with E-state index in [-0.39, 0.29) is 42.8 Å². The number of nitrogens with two attached hydrogens (primary N) is 1. The summed E-state index contributed by atoms with van der Waals surface area (Å²) in [6.45, 7) is 11.1. The number of amides is 4. The summed E-state index contributed by atoms with van der Waals surface area (Å²) in [6.07, 6.45) is 0.662. The first-order valence-corrected chi connectivity index (χ1v) is 17.3. The van der Waals surface area contributed by atoms with Crippen LogP contribution in [0, 0.1) is 21.3 Å². The van der Waals surface area contributed by atoms with Gasteiger partial charge in [0.25, 0.3) is 0 Å². The number of carbonyl (C=O) groups is 5. The molecule has 5 atom stereocenters. The van der Waals surface area contributed by atoms with E-state index in [1.54, 1.807) is 50.2 Å². The largest absolute Gasteiger partial charge is 0.507 e. The number of carboxylic acid groups (broad SMARTS) is 1. The smallest absolute Gasteiger partial charge is 0.326 e. The van der Waals surface area contributed by atoms with E-state index in [1.807, 2.05) is 56.4 Å². The molecule has 4 amide bonds. The molecule has 8 N–H and O–H groups in total. The number of carbonyl (C=O) groups excluding carboxylic acids is 4. The van der Waals surface area contributed by atoms with Crippen LogP contribution in [0.15, 0.2) is 48.5 Å². The van der Waals surface area contributed by atoms with E-state index in [0.29, 0.717) is 15.6 Å². The average Bonchev–Trinajstić information content (AvgIpc) is 3.00. The molecule has 12 nitrogen and oxygen atoms in total. The van der Waals surface area contributed by atoms with Gasteiger partial charge in [0.1, 0.15) is 29.9 Å². The number of aromatic hydroxyl groups is 1. The summed E-state index contributed by atoms with van der Waals surface area (Å²) < 4.78 is 0.535. The lowest BCUT2D eigenvalue weighted by molar-refractivity contribution is -0.142.